The number of nitrogens with one attached hydrogen (secondary N) is 2. The normalized spacial score (nSPS) is 10.6. The van der Waals surface area contributed by atoms with E-state index < -0.39 is 31.7 Å². The Morgan fingerprint density at radius 2 is 1.04 bits per heavy atom. The Kier molecular flexibility index (Phi) is 17.8. The van der Waals surface area contributed by atoms with Gasteiger partial charge in [0.1, 0.15) is 0 Å². The van der Waals surface area contributed by atoms with Crippen molar-refractivity contribution < 1.29 is 35.5 Å². The minimum Gasteiger partial charge on any atom is -0.748 e. The van der Waals surface area contributed by atoms with Crippen molar-refractivity contribution in [1.82, 2.24) is 10.6 Å². The Hall–Kier alpha value is 0.241. The summed E-state index contributed by atoms with van der Waals surface area (Å²) in [6.07, 6.45) is 0.344. The fourth-order valence-electron chi connectivity index (χ4n) is 1.03. The summed E-state index contributed by atoms with van der Waals surface area (Å²) in [5.41, 5.74) is 0. The Morgan fingerprint density at radius 3 is 1.22 bits per heavy atom. The minimum absolute atomic E-state index is 0. The van der Waals surface area contributed by atoms with Gasteiger partial charge in [0.25, 0.3) is 0 Å². The first-order valence-corrected chi connectivity index (χ1v) is 9.35. The molecule has 2 amide bonds. The monoisotopic (exact) mass is 448 g/mol. The predicted octanol–water partition coefficient (Wildman–Crippen LogP) is -2.27. The minimum atomic E-state index is -4.12. The van der Waals surface area contributed by atoms with Gasteiger partial charge >= 0.3 is 45.5 Å². The molecular weight excluding hydrogens is 428 g/mol. The van der Waals surface area contributed by atoms with Crippen molar-refractivity contribution in [2.75, 3.05) is 24.6 Å². The largest absolute Gasteiger partial charge is 2.00 e. The smallest absolute Gasteiger partial charge is 0.748 e. The molecule has 0 heterocycles. The molecule has 0 aliphatic rings. The van der Waals surface area contributed by atoms with Gasteiger partial charge in [0.05, 0.1) is 20.2 Å². The van der Waals surface area contributed by atoms with E-state index in [0.29, 0.717) is 0 Å². The standard InChI is InChI=1S/2C5H11NO4S.Sr/c2*1-5(7)6-3-2-4-11(8,9)10;/h2*2-4H2,1H3,(H,6,7)(H,8,9,10);/q;;+2/p-2. The van der Waals surface area contributed by atoms with Crippen molar-refractivity contribution in [1.29, 1.82) is 0 Å². The molecule has 0 aromatic heterocycles. The number of carbonyl (C=O) groups is 2. The number of rotatable bonds is 8. The van der Waals surface area contributed by atoms with Crippen molar-refractivity contribution >= 4 is 77.5 Å². The quantitative estimate of drug-likeness (QED) is 0.238. The van der Waals surface area contributed by atoms with Crippen LogP contribution >= 0.6 is 0 Å². The third-order valence-electron chi connectivity index (χ3n) is 1.89. The second-order valence-corrected chi connectivity index (χ2v) is 7.24. The van der Waals surface area contributed by atoms with E-state index in [1.54, 1.807) is 0 Å². The molecule has 0 fully saturated rings. The van der Waals surface area contributed by atoms with Crippen molar-refractivity contribution in [3.8, 4) is 0 Å². The third kappa shape index (κ3) is 34.5. The van der Waals surface area contributed by atoms with E-state index in [1.807, 2.05) is 0 Å². The number of amides is 2. The maximum atomic E-state index is 10.2. The Balaban J connectivity index is -0.000000333. The van der Waals surface area contributed by atoms with E-state index in [9.17, 15) is 35.5 Å². The molecule has 0 unspecified atom stereocenters. The number of hydrogen-bond acceptors (Lipinski definition) is 8. The number of carbonyl (C=O) groups excluding carboxylic acids is 2. The molecule has 0 aromatic rings. The van der Waals surface area contributed by atoms with E-state index in [2.05, 4.69) is 10.6 Å². The molecule has 23 heavy (non-hydrogen) atoms. The Bertz CT molecular complexity index is 497. The summed E-state index contributed by atoms with van der Waals surface area (Å²) in [4.78, 5) is 20.5. The molecule has 10 nitrogen and oxygen atoms in total. The molecule has 0 bridgehead atoms. The molecule has 0 rings (SSSR count). The second-order valence-electron chi connectivity index (χ2n) is 4.20. The first-order chi connectivity index (χ1) is 9.83. The van der Waals surface area contributed by atoms with Crippen LogP contribution < -0.4 is 10.6 Å². The van der Waals surface area contributed by atoms with Gasteiger partial charge in [-0.3, -0.25) is 9.59 Å². The van der Waals surface area contributed by atoms with Crippen molar-refractivity contribution in [3.05, 3.63) is 0 Å². The van der Waals surface area contributed by atoms with Crippen LogP contribution in [0.4, 0.5) is 0 Å². The summed E-state index contributed by atoms with van der Waals surface area (Å²) in [6.45, 7) is 3.12. The topological polar surface area (TPSA) is 173 Å². The van der Waals surface area contributed by atoms with Crippen LogP contribution in [0.2, 0.25) is 0 Å². The molecule has 0 aliphatic carbocycles. The van der Waals surface area contributed by atoms with Crippen LogP contribution in [-0.2, 0) is 29.8 Å². The van der Waals surface area contributed by atoms with Crippen molar-refractivity contribution in [2.45, 2.75) is 26.7 Å². The van der Waals surface area contributed by atoms with Crippen LogP contribution in [0.1, 0.15) is 26.7 Å². The molecule has 0 aliphatic heterocycles. The van der Waals surface area contributed by atoms with Gasteiger partial charge in [-0.25, -0.2) is 16.8 Å². The summed E-state index contributed by atoms with van der Waals surface area (Å²) in [5.74, 6) is -1.30. The van der Waals surface area contributed by atoms with Gasteiger partial charge in [-0.15, -0.1) is 0 Å². The fraction of sp³-hybridized carbons (Fsp3) is 0.800. The molecule has 0 saturated carbocycles. The average Bonchev–Trinajstić information content (AvgIpc) is 2.28. The van der Waals surface area contributed by atoms with Crippen LogP contribution in [0.15, 0.2) is 0 Å². The van der Waals surface area contributed by atoms with E-state index in [-0.39, 0.29) is 83.2 Å². The first-order valence-electron chi connectivity index (χ1n) is 6.19. The molecule has 0 atom stereocenters. The Labute approximate surface area is 173 Å². The van der Waals surface area contributed by atoms with E-state index in [0.717, 1.165) is 0 Å². The molecular formula is C10H20N2O8S2Sr. The van der Waals surface area contributed by atoms with Gasteiger partial charge in [-0.1, -0.05) is 0 Å². The third-order valence-corrected chi connectivity index (χ3v) is 3.47. The van der Waals surface area contributed by atoms with Gasteiger partial charge in [0.15, 0.2) is 0 Å². The zero-order chi connectivity index (χ0) is 17.8. The second kappa shape index (κ2) is 14.6. The van der Waals surface area contributed by atoms with Crippen LogP contribution in [-0.4, -0.2) is 108 Å². The van der Waals surface area contributed by atoms with Gasteiger partial charge < -0.3 is 19.7 Å². The number of hydrogen-bond donors (Lipinski definition) is 2. The molecule has 0 radical (unpaired) electrons. The maximum Gasteiger partial charge on any atom is 2.00 e. The maximum absolute atomic E-state index is 10.2. The predicted molar refractivity (Wildman–Crippen MR) is 81.5 cm³/mol. The van der Waals surface area contributed by atoms with Crippen molar-refractivity contribution in [3.63, 3.8) is 0 Å². The van der Waals surface area contributed by atoms with Gasteiger partial charge in [0.2, 0.25) is 11.8 Å². The first kappa shape index (κ1) is 28.1. The Morgan fingerprint density at radius 1 is 0.783 bits per heavy atom. The summed E-state index contributed by atoms with van der Waals surface area (Å²) >= 11 is 0. The molecule has 0 aromatic carbocycles. The molecule has 132 valence electrons. The van der Waals surface area contributed by atoms with E-state index >= 15 is 0 Å². The van der Waals surface area contributed by atoms with Crippen LogP contribution in [0.5, 0.6) is 0 Å². The van der Waals surface area contributed by atoms with Crippen LogP contribution in [0.3, 0.4) is 0 Å². The summed E-state index contributed by atoms with van der Waals surface area (Å²) in [7, 11) is -8.25. The zero-order valence-corrected chi connectivity index (χ0v) is 18.1. The van der Waals surface area contributed by atoms with Gasteiger partial charge in [-0.05, 0) is 12.8 Å². The molecule has 13 heteroatoms. The van der Waals surface area contributed by atoms with Gasteiger partial charge in [-0.2, -0.15) is 0 Å². The molecule has 0 saturated heterocycles. The molecule has 2 N–H and O–H groups in total. The van der Waals surface area contributed by atoms with Crippen molar-refractivity contribution in [2.24, 2.45) is 0 Å². The van der Waals surface area contributed by atoms with Gasteiger partial charge in [0, 0.05) is 38.4 Å². The summed E-state index contributed by atoms with van der Waals surface area (Å²) in [6, 6.07) is 0. The summed E-state index contributed by atoms with van der Waals surface area (Å²) < 4.78 is 60.0. The zero-order valence-electron chi connectivity index (χ0n) is 13.0. The van der Waals surface area contributed by atoms with E-state index in [1.165, 1.54) is 13.8 Å². The SMILES string of the molecule is CC(=O)NCCCS(=O)(=O)[O-].CC(=O)NCCCS(=O)(=O)[O-].[Sr+2]. The molecule has 0 spiro atoms. The average molecular weight is 448 g/mol. The van der Waals surface area contributed by atoms with Crippen LogP contribution in [0.25, 0.3) is 0 Å². The fourth-order valence-corrected chi connectivity index (χ4v) is 2.02. The van der Waals surface area contributed by atoms with Crippen LogP contribution in [0, 0.1) is 0 Å². The van der Waals surface area contributed by atoms with E-state index in [4.69, 9.17) is 0 Å². The summed E-state index contributed by atoms with van der Waals surface area (Å²) in [5, 5.41) is 4.75.